The van der Waals surface area contributed by atoms with Crippen LogP contribution in [0.5, 0.6) is 0 Å². The van der Waals surface area contributed by atoms with Gasteiger partial charge in [-0.05, 0) is 36.4 Å². The fourth-order valence-corrected chi connectivity index (χ4v) is 2.81. The standard InChI is InChI=1S/C12H24N6S/c1-3-17(4-2)9-10-19-12-14-15-16-18(12)8-7-13-11-5-6-11/h11,13H,3-10H2,1-2H3. The van der Waals surface area contributed by atoms with Gasteiger partial charge in [0.15, 0.2) is 0 Å². The number of aromatic nitrogens is 4. The molecule has 0 unspecified atom stereocenters. The maximum Gasteiger partial charge on any atom is 0.209 e. The number of hydrogen-bond donors (Lipinski definition) is 1. The number of nitrogens with zero attached hydrogens (tertiary/aromatic N) is 5. The van der Waals surface area contributed by atoms with Gasteiger partial charge in [-0.25, -0.2) is 4.68 Å². The Balaban J connectivity index is 1.68. The van der Waals surface area contributed by atoms with Gasteiger partial charge in [-0.3, -0.25) is 0 Å². The van der Waals surface area contributed by atoms with Crippen LogP contribution in [0.4, 0.5) is 0 Å². The van der Waals surface area contributed by atoms with Crippen molar-refractivity contribution >= 4 is 11.8 Å². The first-order valence-electron chi connectivity index (χ1n) is 7.18. The van der Waals surface area contributed by atoms with E-state index in [0.717, 1.165) is 49.7 Å². The van der Waals surface area contributed by atoms with E-state index in [0.29, 0.717) is 0 Å². The highest BCUT2D eigenvalue weighted by molar-refractivity contribution is 7.99. The molecule has 7 heteroatoms. The van der Waals surface area contributed by atoms with Crippen molar-refractivity contribution in [3.63, 3.8) is 0 Å². The average Bonchev–Trinajstić information content (AvgIpc) is 3.14. The number of thioether (sulfide) groups is 1. The Morgan fingerprint density at radius 1 is 1.37 bits per heavy atom. The summed E-state index contributed by atoms with van der Waals surface area (Å²) in [6.07, 6.45) is 2.64. The zero-order chi connectivity index (χ0) is 13.5. The highest BCUT2D eigenvalue weighted by Crippen LogP contribution is 2.18. The van der Waals surface area contributed by atoms with Crippen LogP contribution < -0.4 is 5.32 Å². The molecule has 1 aromatic heterocycles. The quantitative estimate of drug-likeness (QED) is 0.643. The van der Waals surface area contributed by atoms with E-state index in [-0.39, 0.29) is 0 Å². The smallest absolute Gasteiger partial charge is 0.209 e. The molecule has 0 atom stereocenters. The van der Waals surface area contributed by atoms with Crippen molar-refractivity contribution in [1.29, 1.82) is 0 Å². The molecule has 2 rings (SSSR count). The molecule has 1 N–H and O–H groups in total. The zero-order valence-electron chi connectivity index (χ0n) is 11.9. The van der Waals surface area contributed by atoms with E-state index < -0.39 is 0 Å². The van der Waals surface area contributed by atoms with Gasteiger partial charge in [-0.2, -0.15) is 0 Å². The normalized spacial score (nSPS) is 15.3. The Bertz CT molecular complexity index is 361. The molecule has 0 spiro atoms. The number of nitrogens with one attached hydrogen (secondary N) is 1. The van der Waals surface area contributed by atoms with E-state index in [9.17, 15) is 0 Å². The lowest BCUT2D eigenvalue weighted by molar-refractivity contribution is 0.323. The molecule has 1 aromatic rings. The third-order valence-electron chi connectivity index (χ3n) is 3.37. The molecule has 0 saturated heterocycles. The SMILES string of the molecule is CCN(CC)CCSc1nnnn1CCNC1CC1. The predicted octanol–water partition coefficient (Wildman–Crippen LogP) is 0.859. The Kier molecular flexibility index (Phi) is 6.06. The lowest BCUT2D eigenvalue weighted by atomic mass is 10.5. The molecule has 0 bridgehead atoms. The topological polar surface area (TPSA) is 58.9 Å². The largest absolute Gasteiger partial charge is 0.312 e. The Morgan fingerprint density at radius 2 is 2.16 bits per heavy atom. The minimum Gasteiger partial charge on any atom is -0.312 e. The monoisotopic (exact) mass is 284 g/mol. The maximum absolute atomic E-state index is 4.10. The molecule has 1 heterocycles. The van der Waals surface area contributed by atoms with Crippen molar-refractivity contribution in [2.24, 2.45) is 0 Å². The van der Waals surface area contributed by atoms with Crippen LogP contribution in [-0.4, -0.2) is 63.1 Å². The first-order valence-corrected chi connectivity index (χ1v) is 8.16. The van der Waals surface area contributed by atoms with Crippen LogP contribution in [-0.2, 0) is 6.54 Å². The summed E-state index contributed by atoms with van der Waals surface area (Å²) in [5.74, 6) is 1.04. The molecule has 19 heavy (non-hydrogen) atoms. The second-order valence-corrected chi connectivity index (χ2v) is 5.85. The summed E-state index contributed by atoms with van der Waals surface area (Å²) in [5.41, 5.74) is 0. The van der Waals surface area contributed by atoms with Gasteiger partial charge in [-0.1, -0.05) is 25.6 Å². The van der Waals surface area contributed by atoms with Gasteiger partial charge in [0.25, 0.3) is 0 Å². The van der Waals surface area contributed by atoms with Gasteiger partial charge in [0.2, 0.25) is 5.16 Å². The van der Waals surface area contributed by atoms with E-state index in [4.69, 9.17) is 0 Å². The third kappa shape index (κ3) is 5.08. The lowest BCUT2D eigenvalue weighted by Gasteiger charge is -2.16. The first kappa shape index (κ1) is 14.7. The Labute approximate surface area is 119 Å². The molecular formula is C12H24N6S. The number of tetrazole rings is 1. The Morgan fingerprint density at radius 3 is 2.84 bits per heavy atom. The van der Waals surface area contributed by atoms with Gasteiger partial charge < -0.3 is 10.2 Å². The molecule has 0 amide bonds. The van der Waals surface area contributed by atoms with E-state index in [1.807, 2.05) is 4.68 Å². The third-order valence-corrected chi connectivity index (χ3v) is 4.30. The molecule has 1 saturated carbocycles. The van der Waals surface area contributed by atoms with E-state index >= 15 is 0 Å². The van der Waals surface area contributed by atoms with Crippen molar-refractivity contribution < 1.29 is 0 Å². The second-order valence-electron chi connectivity index (χ2n) is 4.79. The zero-order valence-corrected chi connectivity index (χ0v) is 12.7. The van der Waals surface area contributed by atoms with Gasteiger partial charge in [0.1, 0.15) is 0 Å². The summed E-state index contributed by atoms with van der Waals surface area (Å²) in [7, 11) is 0. The van der Waals surface area contributed by atoms with Crippen molar-refractivity contribution in [3.05, 3.63) is 0 Å². The Hall–Kier alpha value is -0.660. The van der Waals surface area contributed by atoms with Crippen molar-refractivity contribution in [2.45, 2.75) is 44.4 Å². The molecule has 6 nitrogen and oxygen atoms in total. The van der Waals surface area contributed by atoms with Gasteiger partial charge >= 0.3 is 0 Å². The van der Waals surface area contributed by atoms with E-state index in [2.05, 4.69) is 39.6 Å². The summed E-state index contributed by atoms with van der Waals surface area (Å²) in [4.78, 5) is 2.41. The summed E-state index contributed by atoms with van der Waals surface area (Å²) >= 11 is 1.74. The summed E-state index contributed by atoms with van der Waals surface area (Å²) in [6.45, 7) is 9.51. The summed E-state index contributed by atoms with van der Waals surface area (Å²) < 4.78 is 1.91. The second kappa shape index (κ2) is 7.81. The van der Waals surface area contributed by atoms with E-state index in [1.165, 1.54) is 12.8 Å². The molecule has 0 radical (unpaired) electrons. The fourth-order valence-electron chi connectivity index (χ4n) is 1.91. The van der Waals surface area contributed by atoms with Gasteiger partial charge in [0.05, 0.1) is 6.54 Å². The molecule has 0 aliphatic heterocycles. The fraction of sp³-hybridized carbons (Fsp3) is 0.917. The van der Waals surface area contributed by atoms with Gasteiger partial charge in [0, 0.05) is 24.9 Å². The van der Waals surface area contributed by atoms with Crippen LogP contribution in [0.2, 0.25) is 0 Å². The lowest BCUT2D eigenvalue weighted by Crippen LogP contribution is -2.25. The van der Waals surface area contributed by atoms with Crippen LogP contribution in [0.25, 0.3) is 0 Å². The van der Waals surface area contributed by atoms with Crippen LogP contribution in [0.3, 0.4) is 0 Å². The minimum absolute atomic E-state index is 0.746. The average molecular weight is 284 g/mol. The van der Waals surface area contributed by atoms with Gasteiger partial charge in [-0.15, -0.1) is 5.10 Å². The molecule has 0 aromatic carbocycles. The molecule has 1 aliphatic carbocycles. The summed E-state index contributed by atoms with van der Waals surface area (Å²) in [5, 5.41) is 16.3. The van der Waals surface area contributed by atoms with Crippen molar-refractivity contribution in [1.82, 2.24) is 30.4 Å². The maximum atomic E-state index is 4.10. The first-order chi connectivity index (χ1) is 9.33. The number of hydrogen-bond acceptors (Lipinski definition) is 6. The predicted molar refractivity (Wildman–Crippen MR) is 77.4 cm³/mol. The van der Waals surface area contributed by atoms with Crippen LogP contribution in [0.1, 0.15) is 26.7 Å². The van der Waals surface area contributed by atoms with Crippen molar-refractivity contribution in [3.8, 4) is 0 Å². The van der Waals surface area contributed by atoms with Crippen LogP contribution in [0.15, 0.2) is 5.16 Å². The van der Waals surface area contributed by atoms with Crippen LogP contribution in [0, 0.1) is 0 Å². The molecular weight excluding hydrogens is 260 g/mol. The molecule has 108 valence electrons. The minimum atomic E-state index is 0.746. The molecule has 1 fully saturated rings. The summed E-state index contributed by atoms with van der Waals surface area (Å²) in [6, 6.07) is 0.746. The van der Waals surface area contributed by atoms with Crippen LogP contribution >= 0.6 is 11.8 Å². The highest BCUT2D eigenvalue weighted by atomic mass is 32.2. The number of rotatable bonds is 10. The van der Waals surface area contributed by atoms with E-state index in [1.54, 1.807) is 11.8 Å². The van der Waals surface area contributed by atoms with Crippen molar-refractivity contribution in [2.75, 3.05) is 31.9 Å². The highest BCUT2D eigenvalue weighted by Gasteiger charge is 2.20. The molecule has 1 aliphatic rings.